The lowest BCUT2D eigenvalue weighted by Crippen LogP contribution is -2.55. The zero-order valence-corrected chi connectivity index (χ0v) is 21.4. The van der Waals surface area contributed by atoms with E-state index in [1.54, 1.807) is 9.21 Å². The van der Waals surface area contributed by atoms with Gasteiger partial charge in [-0.05, 0) is 66.2 Å². The molecule has 0 aromatic rings. The average molecular weight is 488 g/mol. The van der Waals surface area contributed by atoms with E-state index in [1.165, 1.54) is 0 Å². The number of ether oxygens (including phenoxy) is 2. The SMILES string of the molecule is CCOC(=O)[C@H]1CC[C@H](N2CCN(S(=O)(=O)C3CCN(C(=O)OC(C)(C)C)CC3)CC2)CC1. The fraction of sp³-hybridized carbons (Fsp3) is 0.913. The first-order valence-electron chi connectivity index (χ1n) is 12.4. The Morgan fingerprint density at radius 1 is 0.879 bits per heavy atom. The lowest BCUT2D eigenvalue weighted by Gasteiger charge is -2.42. The van der Waals surface area contributed by atoms with Crippen molar-refractivity contribution in [3.63, 3.8) is 0 Å². The van der Waals surface area contributed by atoms with Crippen molar-refractivity contribution in [2.75, 3.05) is 45.9 Å². The standard InChI is InChI=1S/C23H41N3O6S/c1-5-31-21(27)18-6-8-19(9-7-18)24-14-16-26(17-15-24)33(29,30)20-10-12-25(13-11-20)22(28)32-23(2,3)4/h18-20H,5-17H2,1-4H3/t18-,19-. The van der Waals surface area contributed by atoms with Crippen molar-refractivity contribution >= 4 is 22.1 Å². The number of rotatable bonds is 5. The third-order valence-corrected chi connectivity index (χ3v) is 9.38. The van der Waals surface area contributed by atoms with Gasteiger partial charge in [0.05, 0.1) is 17.8 Å². The van der Waals surface area contributed by atoms with Crippen molar-refractivity contribution < 1.29 is 27.5 Å². The van der Waals surface area contributed by atoms with Gasteiger partial charge in [-0.3, -0.25) is 9.69 Å². The second-order valence-corrected chi connectivity index (χ2v) is 12.6. The normalized spacial score (nSPS) is 26.7. The summed E-state index contributed by atoms with van der Waals surface area (Å²) in [6.45, 7) is 11.0. The molecule has 9 nitrogen and oxygen atoms in total. The first-order chi connectivity index (χ1) is 15.5. The molecule has 0 radical (unpaired) electrons. The summed E-state index contributed by atoms with van der Waals surface area (Å²) in [5.41, 5.74) is -0.558. The summed E-state index contributed by atoms with van der Waals surface area (Å²) in [5, 5.41) is -0.442. The molecule has 2 saturated heterocycles. The number of sulfonamides is 1. The molecule has 2 aliphatic heterocycles. The summed E-state index contributed by atoms with van der Waals surface area (Å²) in [5.74, 6) is -0.0704. The number of esters is 1. The van der Waals surface area contributed by atoms with Gasteiger partial charge >= 0.3 is 12.1 Å². The predicted molar refractivity (Wildman–Crippen MR) is 125 cm³/mol. The van der Waals surface area contributed by atoms with Gasteiger partial charge in [0.1, 0.15) is 5.60 Å². The van der Waals surface area contributed by atoms with Crippen molar-refractivity contribution in [2.24, 2.45) is 5.92 Å². The minimum absolute atomic E-state index is 0.00872. The molecular formula is C23H41N3O6S. The Morgan fingerprint density at radius 3 is 1.97 bits per heavy atom. The van der Waals surface area contributed by atoms with Crippen LogP contribution < -0.4 is 0 Å². The van der Waals surface area contributed by atoms with Gasteiger partial charge in [0, 0.05) is 45.3 Å². The zero-order valence-electron chi connectivity index (χ0n) is 20.6. The highest BCUT2D eigenvalue weighted by Gasteiger charge is 2.39. The molecule has 0 atom stereocenters. The molecule has 190 valence electrons. The molecule has 10 heteroatoms. The van der Waals surface area contributed by atoms with Gasteiger partial charge in [0.15, 0.2) is 0 Å². The Hall–Kier alpha value is -1.39. The van der Waals surface area contributed by atoms with Crippen LogP contribution in [0.15, 0.2) is 0 Å². The smallest absolute Gasteiger partial charge is 0.410 e. The topological polar surface area (TPSA) is 96.5 Å². The van der Waals surface area contributed by atoms with Crippen molar-refractivity contribution in [3.8, 4) is 0 Å². The number of piperazine rings is 1. The highest BCUT2D eigenvalue weighted by Crippen LogP contribution is 2.30. The van der Waals surface area contributed by atoms with Crippen LogP contribution in [0.2, 0.25) is 0 Å². The molecule has 0 N–H and O–H groups in total. The molecule has 1 amide bonds. The van der Waals surface area contributed by atoms with Gasteiger partial charge in [-0.15, -0.1) is 0 Å². The van der Waals surface area contributed by atoms with Crippen LogP contribution in [0.3, 0.4) is 0 Å². The maximum absolute atomic E-state index is 13.2. The van der Waals surface area contributed by atoms with Crippen LogP contribution in [-0.4, -0.2) is 97.4 Å². The quantitative estimate of drug-likeness (QED) is 0.550. The molecular weight excluding hydrogens is 446 g/mol. The van der Waals surface area contributed by atoms with E-state index in [1.807, 2.05) is 27.7 Å². The first-order valence-corrected chi connectivity index (χ1v) is 13.9. The van der Waals surface area contributed by atoms with Gasteiger partial charge in [-0.2, -0.15) is 4.31 Å². The molecule has 3 aliphatic rings. The van der Waals surface area contributed by atoms with Crippen molar-refractivity contribution in [1.82, 2.24) is 14.1 Å². The van der Waals surface area contributed by atoms with Gasteiger partial charge in [0.2, 0.25) is 10.0 Å². The average Bonchev–Trinajstić information content (AvgIpc) is 2.78. The van der Waals surface area contributed by atoms with E-state index in [9.17, 15) is 18.0 Å². The highest BCUT2D eigenvalue weighted by atomic mass is 32.2. The molecule has 33 heavy (non-hydrogen) atoms. The third kappa shape index (κ3) is 6.82. The van der Waals surface area contributed by atoms with Crippen LogP contribution in [-0.2, 0) is 24.3 Å². The lowest BCUT2D eigenvalue weighted by molar-refractivity contribution is -0.149. The molecule has 0 spiro atoms. The Kier molecular flexibility index (Phi) is 8.66. The maximum Gasteiger partial charge on any atom is 0.410 e. The monoisotopic (exact) mass is 487 g/mol. The van der Waals surface area contributed by atoms with Crippen LogP contribution in [0, 0.1) is 5.92 Å². The van der Waals surface area contributed by atoms with Crippen LogP contribution >= 0.6 is 0 Å². The van der Waals surface area contributed by atoms with Crippen LogP contribution in [0.5, 0.6) is 0 Å². The van der Waals surface area contributed by atoms with Crippen LogP contribution in [0.1, 0.15) is 66.2 Å². The predicted octanol–water partition coefficient (Wildman–Crippen LogP) is 2.46. The zero-order chi connectivity index (χ0) is 24.2. The fourth-order valence-corrected chi connectivity index (χ4v) is 7.03. The Labute approximate surface area is 198 Å². The Balaban J connectivity index is 1.44. The van der Waals surface area contributed by atoms with Crippen LogP contribution in [0.25, 0.3) is 0 Å². The Morgan fingerprint density at radius 2 is 1.45 bits per heavy atom. The number of amides is 1. The van der Waals surface area contributed by atoms with E-state index in [-0.39, 0.29) is 18.0 Å². The van der Waals surface area contributed by atoms with E-state index in [0.29, 0.717) is 51.7 Å². The number of piperidine rings is 1. The second-order valence-electron chi connectivity index (χ2n) is 10.4. The molecule has 1 saturated carbocycles. The summed E-state index contributed by atoms with van der Waals surface area (Å²) in [7, 11) is -3.38. The number of hydrogen-bond donors (Lipinski definition) is 0. The molecule has 0 aromatic carbocycles. The summed E-state index contributed by atoms with van der Waals surface area (Å²) in [4.78, 5) is 28.2. The lowest BCUT2D eigenvalue weighted by atomic mass is 9.85. The summed E-state index contributed by atoms with van der Waals surface area (Å²) in [6.07, 6.45) is 4.12. The molecule has 2 heterocycles. The van der Waals surface area contributed by atoms with Crippen molar-refractivity contribution in [3.05, 3.63) is 0 Å². The molecule has 0 unspecified atom stereocenters. The summed E-state index contributed by atoms with van der Waals surface area (Å²) in [6, 6.07) is 0.414. The Bertz CT molecular complexity index is 773. The maximum atomic E-state index is 13.2. The molecule has 0 aromatic heterocycles. The number of nitrogens with zero attached hydrogens (tertiary/aromatic N) is 3. The third-order valence-electron chi connectivity index (χ3n) is 6.98. The van der Waals surface area contributed by atoms with Gasteiger partial charge in [-0.1, -0.05) is 0 Å². The number of hydrogen-bond acceptors (Lipinski definition) is 7. The first kappa shape index (κ1) is 26.2. The van der Waals surface area contributed by atoms with E-state index >= 15 is 0 Å². The van der Waals surface area contributed by atoms with Crippen molar-refractivity contribution in [2.45, 2.75) is 83.1 Å². The molecule has 3 rings (SSSR count). The largest absolute Gasteiger partial charge is 0.466 e. The van der Waals surface area contributed by atoms with E-state index in [0.717, 1.165) is 38.8 Å². The minimum atomic E-state index is -3.38. The fourth-order valence-electron chi connectivity index (χ4n) is 5.13. The van der Waals surface area contributed by atoms with Gasteiger partial charge < -0.3 is 14.4 Å². The number of carbonyl (C=O) groups excluding carboxylic acids is 2. The molecule has 1 aliphatic carbocycles. The minimum Gasteiger partial charge on any atom is -0.466 e. The molecule has 3 fully saturated rings. The van der Waals surface area contributed by atoms with E-state index < -0.39 is 20.9 Å². The second kappa shape index (κ2) is 10.9. The van der Waals surface area contributed by atoms with E-state index in [2.05, 4.69) is 4.90 Å². The highest BCUT2D eigenvalue weighted by molar-refractivity contribution is 7.89. The van der Waals surface area contributed by atoms with Gasteiger partial charge in [0.25, 0.3) is 0 Å². The van der Waals surface area contributed by atoms with Crippen LogP contribution in [0.4, 0.5) is 4.79 Å². The number of likely N-dealkylation sites (tertiary alicyclic amines) is 1. The van der Waals surface area contributed by atoms with Crippen molar-refractivity contribution in [1.29, 1.82) is 0 Å². The summed E-state index contributed by atoms with van der Waals surface area (Å²) < 4.78 is 38.7. The number of carbonyl (C=O) groups is 2. The summed E-state index contributed by atoms with van der Waals surface area (Å²) >= 11 is 0. The van der Waals surface area contributed by atoms with Gasteiger partial charge in [-0.25, -0.2) is 13.2 Å². The van der Waals surface area contributed by atoms with E-state index in [4.69, 9.17) is 9.47 Å². The molecule has 0 bridgehead atoms.